The van der Waals surface area contributed by atoms with E-state index in [9.17, 15) is 0 Å². The first-order chi connectivity index (χ1) is 19.7. The van der Waals surface area contributed by atoms with E-state index in [0.29, 0.717) is 0 Å². The Morgan fingerprint density at radius 2 is 1.50 bits per heavy atom. The van der Waals surface area contributed by atoms with Gasteiger partial charge in [0.25, 0.3) is 0 Å². The van der Waals surface area contributed by atoms with E-state index in [0.717, 1.165) is 54.2 Å². The molecule has 7 rings (SSSR count). The fourth-order valence-corrected chi connectivity index (χ4v) is 6.45. The summed E-state index contributed by atoms with van der Waals surface area (Å²) >= 11 is 0. The van der Waals surface area contributed by atoms with Crippen molar-refractivity contribution in [1.29, 1.82) is 0 Å². The van der Waals surface area contributed by atoms with Crippen LogP contribution in [0.3, 0.4) is 0 Å². The summed E-state index contributed by atoms with van der Waals surface area (Å²) in [6.07, 6.45) is 5.02. The molecule has 200 valence electrons. The lowest BCUT2D eigenvalue weighted by Crippen LogP contribution is -2.41. The first-order valence-corrected chi connectivity index (χ1v) is 13.9. The van der Waals surface area contributed by atoms with Crippen molar-refractivity contribution in [2.75, 3.05) is 21.0 Å². The van der Waals surface area contributed by atoms with Crippen LogP contribution in [-0.4, -0.2) is 21.0 Å². The zero-order valence-electron chi connectivity index (χ0n) is 22.9. The number of rotatable bonds is 7. The number of methoxy groups -OCH3 is 2. The van der Waals surface area contributed by atoms with Crippen LogP contribution in [-0.2, 0) is 19.4 Å². The Kier molecular flexibility index (Phi) is 6.27. The van der Waals surface area contributed by atoms with Crippen LogP contribution >= 0.6 is 0 Å². The van der Waals surface area contributed by atoms with E-state index in [4.69, 9.17) is 18.9 Å². The topological polar surface area (TPSA) is 40.8 Å². The fourth-order valence-electron chi connectivity index (χ4n) is 6.45. The Bertz CT molecular complexity index is 1660. The fraction of sp³-hybridized carbons (Fsp3) is 0.229. The molecule has 0 amide bonds. The van der Waals surface area contributed by atoms with Crippen molar-refractivity contribution in [2.45, 2.75) is 31.7 Å². The van der Waals surface area contributed by atoms with Gasteiger partial charge in [0, 0.05) is 23.3 Å². The molecule has 1 aromatic heterocycles. The number of nitrogens with zero attached hydrogens (tertiary/aromatic N) is 1. The van der Waals surface area contributed by atoms with Gasteiger partial charge in [-0.2, -0.15) is 4.57 Å². The van der Waals surface area contributed by atoms with Gasteiger partial charge in [0.15, 0.2) is 35.7 Å². The molecule has 0 unspecified atom stereocenters. The Balaban J connectivity index is 1.42. The van der Waals surface area contributed by atoms with Crippen LogP contribution in [0.1, 0.15) is 34.6 Å². The van der Waals surface area contributed by atoms with Crippen molar-refractivity contribution < 1.29 is 23.5 Å². The van der Waals surface area contributed by atoms with Gasteiger partial charge in [0.05, 0.1) is 25.2 Å². The molecular weight excluding hydrogens is 498 g/mol. The molecule has 4 aromatic carbocycles. The molecule has 0 radical (unpaired) electrons. The molecule has 5 nitrogen and oxygen atoms in total. The molecule has 3 heterocycles. The molecule has 40 heavy (non-hydrogen) atoms. The maximum atomic E-state index is 5.91. The monoisotopic (exact) mass is 530 g/mol. The van der Waals surface area contributed by atoms with Gasteiger partial charge in [-0.15, -0.1) is 0 Å². The lowest BCUT2D eigenvalue weighted by molar-refractivity contribution is -0.686. The van der Waals surface area contributed by atoms with Crippen molar-refractivity contribution >= 4 is 10.8 Å². The predicted octanol–water partition coefficient (Wildman–Crippen LogP) is 6.86. The summed E-state index contributed by atoms with van der Waals surface area (Å²) in [5.41, 5.74) is 7.75. The first-order valence-electron chi connectivity index (χ1n) is 13.9. The number of benzene rings is 4. The van der Waals surface area contributed by atoms with Gasteiger partial charge in [-0.05, 0) is 53.8 Å². The predicted molar refractivity (Wildman–Crippen MR) is 156 cm³/mol. The van der Waals surface area contributed by atoms with Crippen LogP contribution in [0.15, 0.2) is 91.1 Å². The third-order valence-corrected chi connectivity index (χ3v) is 8.33. The maximum absolute atomic E-state index is 5.91. The van der Waals surface area contributed by atoms with Gasteiger partial charge in [-0.1, -0.05) is 60.7 Å². The molecule has 2 aliphatic heterocycles. The highest BCUT2D eigenvalue weighted by Gasteiger charge is 2.32. The minimum Gasteiger partial charge on any atom is -0.493 e. The summed E-state index contributed by atoms with van der Waals surface area (Å²) in [6.45, 7) is 1.15. The van der Waals surface area contributed by atoms with E-state index >= 15 is 0 Å². The van der Waals surface area contributed by atoms with Crippen molar-refractivity contribution in [3.63, 3.8) is 0 Å². The van der Waals surface area contributed by atoms with Gasteiger partial charge in [0.2, 0.25) is 12.5 Å². The Hall–Kier alpha value is -4.51. The van der Waals surface area contributed by atoms with E-state index in [1.807, 2.05) is 6.07 Å². The van der Waals surface area contributed by atoms with Gasteiger partial charge in [-0.25, -0.2) is 0 Å². The standard InChI is InChI=1S/C35H32NO4/c1-37-31-16-15-27-28(14-13-26(23-9-5-3-6-10-23)24-11-7-4-8-12-24)34-29-20-33-32(39-22-40-33)19-25(29)17-18-36(34)21-30(27)35(31)38-2/h3-12,15-16,19-21,26H,13-14,17-18,22H2,1-2H3/q+1. The van der Waals surface area contributed by atoms with Crippen molar-refractivity contribution in [1.82, 2.24) is 0 Å². The van der Waals surface area contributed by atoms with Gasteiger partial charge in [-0.3, -0.25) is 0 Å². The summed E-state index contributed by atoms with van der Waals surface area (Å²) in [4.78, 5) is 0. The number of aryl methyl sites for hydroxylation is 3. The normalized spacial score (nSPS) is 13.3. The summed E-state index contributed by atoms with van der Waals surface area (Å²) < 4.78 is 25.5. The molecule has 5 heteroatoms. The molecule has 0 bridgehead atoms. The Morgan fingerprint density at radius 1 is 0.800 bits per heavy atom. The highest BCUT2D eigenvalue weighted by atomic mass is 16.7. The minimum absolute atomic E-state index is 0.273. The largest absolute Gasteiger partial charge is 0.493 e. The van der Waals surface area contributed by atoms with E-state index in [2.05, 4.69) is 89.6 Å². The zero-order valence-corrected chi connectivity index (χ0v) is 22.9. The third-order valence-electron chi connectivity index (χ3n) is 8.33. The van der Waals surface area contributed by atoms with Crippen LogP contribution in [0, 0.1) is 0 Å². The van der Waals surface area contributed by atoms with Crippen LogP contribution in [0.25, 0.3) is 22.0 Å². The second-order valence-corrected chi connectivity index (χ2v) is 10.4. The molecule has 0 saturated carbocycles. The number of hydrogen-bond acceptors (Lipinski definition) is 4. The molecule has 0 saturated heterocycles. The summed E-state index contributed by atoms with van der Waals surface area (Å²) in [5.74, 6) is 3.45. The number of pyridine rings is 1. The van der Waals surface area contributed by atoms with Crippen LogP contribution in [0.5, 0.6) is 23.0 Å². The van der Waals surface area contributed by atoms with Crippen LogP contribution in [0.2, 0.25) is 0 Å². The molecule has 2 aliphatic rings. The average Bonchev–Trinajstić information content (AvgIpc) is 3.47. The van der Waals surface area contributed by atoms with Crippen molar-refractivity contribution in [2.24, 2.45) is 0 Å². The SMILES string of the molecule is COc1ccc2c(CCC(c3ccccc3)c3ccccc3)c3[n+](cc2c1OC)CCc1cc2c(cc1-3)OCO2. The average molecular weight is 531 g/mol. The van der Waals surface area contributed by atoms with Crippen molar-refractivity contribution in [3.05, 3.63) is 113 Å². The van der Waals surface area contributed by atoms with Crippen molar-refractivity contribution in [3.8, 4) is 34.3 Å². The Labute approximate surface area is 234 Å². The van der Waals surface area contributed by atoms with Gasteiger partial charge >= 0.3 is 0 Å². The van der Waals surface area contributed by atoms with Gasteiger partial charge in [0.1, 0.15) is 0 Å². The number of fused-ring (bicyclic) bond motifs is 5. The van der Waals surface area contributed by atoms with Crippen LogP contribution in [0.4, 0.5) is 0 Å². The van der Waals surface area contributed by atoms with E-state index in [1.54, 1.807) is 14.2 Å². The van der Waals surface area contributed by atoms with E-state index < -0.39 is 0 Å². The molecule has 0 fully saturated rings. The summed E-state index contributed by atoms with van der Waals surface area (Å²) in [6, 6.07) is 30.2. The molecule has 5 aromatic rings. The lowest BCUT2D eigenvalue weighted by atomic mass is 9.83. The van der Waals surface area contributed by atoms with Gasteiger partial charge < -0.3 is 18.9 Å². The second-order valence-electron chi connectivity index (χ2n) is 10.4. The third kappa shape index (κ3) is 4.13. The summed E-state index contributed by atoms with van der Waals surface area (Å²) in [5, 5.41) is 2.26. The second kappa shape index (κ2) is 10.2. The number of ether oxygens (including phenoxy) is 4. The molecule has 0 spiro atoms. The maximum Gasteiger partial charge on any atom is 0.231 e. The zero-order chi connectivity index (χ0) is 27.1. The molecule has 0 N–H and O–H groups in total. The molecular formula is C35H32NO4+. The lowest BCUT2D eigenvalue weighted by Gasteiger charge is -2.23. The first kappa shape index (κ1) is 24.5. The highest BCUT2D eigenvalue weighted by molar-refractivity contribution is 5.95. The quantitative estimate of drug-likeness (QED) is 0.216. The smallest absolute Gasteiger partial charge is 0.231 e. The summed E-state index contributed by atoms with van der Waals surface area (Å²) in [7, 11) is 3.41. The van der Waals surface area contributed by atoms with Crippen LogP contribution < -0.4 is 23.5 Å². The van der Waals surface area contributed by atoms with E-state index in [-0.39, 0.29) is 12.7 Å². The number of aromatic nitrogens is 1. The van der Waals surface area contributed by atoms with E-state index in [1.165, 1.54) is 38.9 Å². The Morgan fingerprint density at radius 3 is 2.17 bits per heavy atom. The molecule has 0 aliphatic carbocycles. The molecule has 0 atom stereocenters. The highest BCUT2D eigenvalue weighted by Crippen LogP contribution is 2.44. The minimum atomic E-state index is 0.273. The number of hydrogen-bond donors (Lipinski definition) is 0.